The fraction of sp³-hybridized carbons (Fsp3) is 0.353. The van der Waals surface area contributed by atoms with Crippen molar-refractivity contribution in [3.05, 3.63) is 47.3 Å². The van der Waals surface area contributed by atoms with Crippen molar-refractivity contribution in [2.24, 2.45) is 0 Å². The van der Waals surface area contributed by atoms with Crippen LogP contribution in [0.15, 0.2) is 30.6 Å². The van der Waals surface area contributed by atoms with Crippen LogP contribution in [0.4, 0.5) is 19.0 Å². The first kappa shape index (κ1) is 22.0. The van der Waals surface area contributed by atoms with E-state index in [1.165, 1.54) is 13.0 Å². The lowest BCUT2D eigenvalue weighted by atomic mass is 10.1. The van der Waals surface area contributed by atoms with Gasteiger partial charge in [-0.05, 0) is 44.5 Å². The molecule has 1 N–H and O–H groups in total. The van der Waals surface area contributed by atoms with Gasteiger partial charge >= 0.3 is 13.8 Å². The van der Waals surface area contributed by atoms with Crippen molar-refractivity contribution in [3.63, 3.8) is 0 Å². The second kappa shape index (κ2) is 8.81. The highest BCUT2D eigenvalue weighted by Crippen LogP contribution is 2.45. The maximum atomic E-state index is 12.9. The Bertz CT molecular complexity index is 878. The van der Waals surface area contributed by atoms with E-state index in [1.807, 2.05) is 0 Å². The van der Waals surface area contributed by atoms with E-state index in [2.05, 4.69) is 15.3 Å². The monoisotopic (exact) mass is 417 g/mol. The van der Waals surface area contributed by atoms with E-state index in [9.17, 15) is 22.5 Å². The van der Waals surface area contributed by atoms with Crippen LogP contribution in [0, 0.1) is 6.92 Å². The minimum Gasteiger partial charge on any atom is -0.305 e. The first-order valence-corrected chi connectivity index (χ1v) is 9.85. The molecule has 0 atom stereocenters. The molecule has 1 aromatic carbocycles. The lowest BCUT2D eigenvalue weighted by molar-refractivity contribution is -0.137. The standard InChI is InChI=1S/C17H19F3N3O4P/c1-4-26-28(25,27-5-2)15-10-21-14(9-22-15)23-16(24)12-6-11(3)7-13(8-12)17(18,19)20/h6-10H,4-5H2,1-3H3,(H,21,23,24). The number of alkyl halides is 3. The van der Waals surface area contributed by atoms with Crippen molar-refractivity contribution < 1.29 is 31.6 Å². The van der Waals surface area contributed by atoms with Gasteiger partial charge in [0.1, 0.15) is 0 Å². The van der Waals surface area contributed by atoms with Crippen molar-refractivity contribution in [1.29, 1.82) is 0 Å². The maximum absolute atomic E-state index is 12.9. The highest BCUT2D eigenvalue weighted by molar-refractivity contribution is 7.61. The van der Waals surface area contributed by atoms with Crippen molar-refractivity contribution in [2.75, 3.05) is 18.5 Å². The Morgan fingerprint density at radius 2 is 1.75 bits per heavy atom. The highest BCUT2D eigenvalue weighted by Gasteiger charge is 2.32. The number of rotatable bonds is 7. The molecule has 0 saturated heterocycles. The Morgan fingerprint density at radius 3 is 2.25 bits per heavy atom. The van der Waals surface area contributed by atoms with Gasteiger partial charge in [-0.15, -0.1) is 0 Å². The summed E-state index contributed by atoms with van der Waals surface area (Å²) in [6.45, 7) is 5.01. The Balaban J connectivity index is 2.22. The zero-order valence-corrected chi connectivity index (χ0v) is 16.3. The summed E-state index contributed by atoms with van der Waals surface area (Å²) in [6.07, 6.45) is -2.32. The number of carbonyl (C=O) groups excluding carboxylic acids is 1. The Labute approximate surface area is 159 Å². The number of nitrogens with one attached hydrogen (secondary N) is 1. The molecule has 0 bridgehead atoms. The van der Waals surface area contributed by atoms with Crippen LogP contribution < -0.4 is 10.8 Å². The summed E-state index contributed by atoms with van der Waals surface area (Å²) in [4.78, 5) is 20.1. The van der Waals surface area contributed by atoms with E-state index in [-0.39, 0.29) is 35.6 Å². The molecule has 28 heavy (non-hydrogen) atoms. The third kappa shape index (κ3) is 5.37. The molecule has 0 radical (unpaired) electrons. The third-order valence-corrected chi connectivity index (χ3v) is 5.41. The van der Waals surface area contributed by atoms with Crippen molar-refractivity contribution >= 4 is 24.8 Å². The van der Waals surface area contributed by atoms with E-state index in [1.54, 1.807) is 13.8 Å². The number of amides is 1. The van der Waals surface area contributed by atoms with Gasteiger partial charge in [-0.3, -0.25) is 9.36 Å². The largest absolute Gasteiger partial charge is 0.416 e. The Kier molecular flexibility index (Phi) is 6.92. The highest BCUT2D eigenvalue weighted by atomic mass is 31.2. The molecule has 0 spiro atoms. The second-order valence-corrected chi connectivity index (χ2v) is 7.60. The van der Waals surface area contributed by atoms with Crippen LogP contribution in [0.2, 0.25) is 0 Å². The molecule has 1 amide bonds. The zero-order valence-electron chi connectivity index (χ0n) is 15.4. The lowest BCUT2D eigenvalue weighted by Crippen LogP contribution is -2.19. The number of hydrogen-bond donors (Lipinski definition) is 1. The summed E-state index contributed by atoms with van der Waals surface area (Å²) in [5.74, 6) is -0.808. The fourth-order valence-corrected chi connectivity index (χ4v) is 3.72. The average molecular weight is 417 g/mol. The van der Waals surface area contributed by atoms with Crippen LogP contribution in [0.1, 0.15) is 35.3 Å². The molecule has 0 aliphatic rings. The smallest absolute Gasteiger partial charge is 0.305 e. The minimum absolute atomic E-state index is 0.0247. The first-order chi connectivity index (χ1) is 13.1. The molecule has 0 saturated carbocycles. The summed E-state index contributed by atoms with van der Waals surface area (Å²) >= 11 is 0. The summed E-state index contributed by atoms with van der Waals surface area (Å²) in [7, 11) is -3.63. The fourth-order valence-electron chi connectivity index (χ4n) is 2.30. The van der Waals surface area contributed by atoms with Gasteiger partial charge < -0.3 is 14.4 Å². The average Bonchev–Trinajstić information content (AvgIpc) is 2.61. The van der Waals surface area contributed by atoms with Gasteiger partial charge in [-0.2, -0.15) is 13.2 Å². The molecule has 7 nitrogen and oxygen atoms in total. The van der Waals surface area contributed by atoms with E-state index in [0.29, 0.717) is 0 Å². The van der Waals surface area contributed by atoms with Crippen LogP contribution in [0.25, 0.3) is 0 Å². The number of carbonyl (C=O) groups is 1. The van der Waals surface area contributed by atoms with E-state index in [0.717, 1.165) is 24.5 Å². The second-order valence-electron chi connectivity index (χ2n) is 5.63. The molecular weight excluding hydrogens is 398 g/mol. The van der Waals surface area contributed by atoms with Gasteiger partial charge in [-0.1, -0.05) is 0 Å². The number of hydrogen-bond acceptors (Lipinski definition) is 6. The van der Waals surface area contributed by atoms with Crippen LogP contribution in [0.3, 0.4) is 0 Å². The SMILES string of the molecule is CCOP(=O)(OCC)c1cnc(NC(=O)c2cc(C)cc(C(F)(F)F)c2)cn1. The number of nitrogens with zero attached hydrogens (tertiary/aromatic N) is 2. The quantitative estimate of drug-likeness (QED) is 0.687. The molecule has 2 aromatic rings. The van der Waals surface area contributed by atoms with Crippen LogP contribution in [-0.2, 0) is 19.8 Å². The van der Waals surface area contributed by atoms with Gasteiger partial charge in [0.05, 0.1) is 31.2 Å². The number of halogens is 3. The van der Waals surface area contributed by atoms with Crippen molar-refractivity contribution in [2.45, 2.75) is 26.9 Å². The Morgan fingerprint density at radius 1 is 1.11 bits per heavy atom. The van der Waals surface area contributed by atoms with Crippen molar-refractivity contribution in [3.8, 4) is 0 Å². The molecule has 152 valence electrons. The van der Waals surface area contributed by atoms with Crippen molar-refractivity contribution in [1.82, 2.24) is 9.97 Å². The van der Waals surface area contributed by atoms with E-state index in [4.69, 9.17) is 9.05 Å². The predicted molar refractivity (Wildman–Crippen MR) is 96.7 cm³/mol. The summed E-state index contributed by atoms with van der Waals surface area (Å²) in [6, 6.07) is 3.03. The summed E-state index contributed by atoms with van der Waals surface area (Å²) < 4.78 is 61.6. The van der Waals surface area contributed by atoms with Crippen LogP contribution in [-0.4, -0.2) is 29.1 Å². The molecule has 0 aliphatic carbocycles. The summed E-state index contributed by atoms with van der Waals surface area (Å²) in [5, 5.41) is 2.36. The van der Waals surface area contributed by atoms with Gasteiger partial charge in [0.2, 0.25) is 0 Å². The molecule has 0 unspecified atom stereocenters. The topological polar surface area (TPSA) is 90.4 Å². The maximum Gasteiger partial charge on any atom is 0.416 e. The molecule has 2 rings (SSSR count). The van der Waals surface area contributed by atoms with Gasteiger partial charge in [0.25, 0.3) is 5.91 Å². The molecular formula is C17H19F3N3O4P. The molecule has 0 fully saturated rings. The lowest BCUT2D eigenvalue weighted by Gasteiger charge is -2.16. The molecule has 1 heterocycles. The van der Waals surface area contributed by atoms with E-state index < -0.39 is 25.2 Å². The normalized spacial score (nSPS) is 12.1. The molecule has 1 aromatic heterocycles. The predicted octanol–water partition coefficient (Wildman–Crippen LogP) is 3.95. The number of aromatic nitrogens is 2. The van der Waals surface area contributed by atoms with Crippen LogP contribution >= 0.6 is 7.60 Å². The van der Waals surface area contributed by atoms with Gasteiger partial charge in [0.15, 0.2) is 11.3 Å². The summed E-state index contributed by atoms with van der Waals surface area (Å²) in [5.41, 5.74) is -0.846. The molecule has 0 aliphatic heterocycles. The number of aryl methyl sites for hydroxylation is 1. The number of benzene rings is 1. The minimum atomic E-state index is -4.57. The van der Waals surface area contributed by atoms with Gasteiger partial charge in [0, 0.05) is 5.56 Å². The first-order valence-electron chi connectivity index (χ1n) is 8.31. The molecule has 11 heteroatoms. The third-order valence-electron chi connectivity index (χ3n) is 3.43. The Hall–Kier alpha value is -2.29. The van der Waals surface area contributed by atoms with E-state index >= 15 is 0 Å². The zero-order chi connectivity index (χ0) is 20.9. The number of anilines is 1. The van der Waals surface area contributed by atoms with Crippen LogP contribution in [0.5, 0.6) is 0 Å². The van der Waals surface area contributed by atoms with Gasteiger partial charge in [-0.25, -0.2) is 9.97 Å².